The van der Waals surface area contributed by atoms with E-state index in [4.69, 9.17) is 14.2 Å². The summed E-state index contributed by atoms with van der Waals surface area (Å²) in [6.45, 7) is 7.68. The van der Waals surface area contributed by atoms with E-state index in [-0.39, 0.29) is 25.2 Å². The Morgan fingerprint density at radius 2 is 0.724 bits per heavy atom. The monoisotopic (exact) mass is 811 g/mol. The largest absolute Gasteiger partial charge is 0.462 e. The molecule has 336 valence electrons. The summed E-state index contributed by atoms with van der Waals surface area (Å²) in [4.78, 5) is 25.1. The van der Waals surface area contributed by atoms with E-state index in [2.05, 4.69) is 81.5 Å². The first-order valence-electron chi connectivity index (χ1n) is 24.8. The molecule has 0 N–H and O–H groups in total. The van der Waals surface area contributed by atoms with Gasteiger partial charge in [0.25, 0.3) is 0 Å². The Hall–Kier alpha value is -2.40. The van der Waals surface area contributed by atoms with Crippen LogP contribution in [0.15, 0.2) is 60.8 Å². The van der Waals surface area contributed by atoms with Crippen molar-refractivity contribution in [1.82, 2.24) is 0 Å². The molecule has 0 heterocycles. The van der Waals surface area contributed by atoms with Crippen molar-refractivity contribution in [2.45, 2.75) is 245 Å². The minimum absolute atomic E-state index is 0.0762. The van der Waals surface area contributed by atoms with Crippen LogP contribution in [0.2, 0.25) is 0 Å². The number of rotatable bonds is 45. The highest BCUT2D eigenvalue weighted by molar-refractivity contribution is 5.70. The van der Waals surface area contributed by atoms with Crippen LogP contribution >= 0.6 is 0 Å². The number of unbranched alkanes of at least 4 members (excludes halogenated alkanes) is 24. The average Bonchev–Trinajstić information content (AvgIpc) is 3.22. The van der Waals surface area contributed by atoms with Crippen LogP contribution in [0.1, 0.15) is 239 Å². The molecule has 0 radical (unpaired) electrons. The second-order valence-corrected chi connectivity index (χ2v) is 16.4. The van der Waals surface area contributed by atoms with Gasteiger partial charge in [0.15, 0.2) is 6.10 Å². The molecule has 0 saturated heterocycles. The third kappa shape index (κ3) is 46.3. The Bertz CT molecular complexity index is 1010. The van der Waals surface area contributed by atoms with E-state index in [9.17, 15) is 9.59 Å². The Morgan fingerprint density at radius 3 is 1.19 bits per heavy atom. The predicted molar refractivity (Wildman–Crippen MR) is 251 cm³/mol. The zero-order valence-electron chi connectivity index (χ0n) is 38.6. The normalized spacial score (nSPS) is 12.7. The quantitative estimate of drug-likeness (QED) is 0.0348. The molecule has 58 heavy (non-hydrogen) atoms. The zero-order valence-corrected chi connectivity index (χ0v) is 38.6. The Kier molecular flexibility index (Phi) is 46.9. The lowest BCUT2D eigenvalue weighted by Crippen LogP contribution is -2.30. The summed E-state index contributed by atoms with van der Waals surface area (Å²) in [6.07, 6.45) is 61.1. The smallest absolute Gasteiger partial charge is 0.306 e. The van der Waals surface area contributed by atoms with E-state index in [0.29, 0.717) is 19.4 Å². The highest BCUT2D eigenvalue weighted by Gasteiger charge is 2.17. The molecule has 0 fully saturated rings. The first kappa shape index (κ1) is 55.6. The molecule has 0 aliphatic carbocycles. The second kappa shape index (κ2) is 49.0. The van der Waals surface area contributed by atoms with Crippen LogP contribution in [0, 0.1) is 0 Å². The van der Waals surface area contributed by atoms with Crippen LogP contribution in [0.5, 0.6) is 0 Å². The van der Waals surface area contributed by atoms with Gasteiger partial charge in [0.2, 0.25) is 0 Å². The van der Waals surface area contributed by atoms with E-state index in [1.807, 2.05) is 0 Å². The fourth-order valence-electron chi connectivity index (χ4n) is 6.78. The van der Waals surface area contributed by atoms with Crippen molar-refractivity contribution in [2.75, 3.05) is 19.8 Å². The van der Waals surface area contributed by atoms with Gasteiger partial charge < -0.3 is 14.2 Å². The van der Waals surface area contributed by atoms with E-state index in [1.54, 1.807) is 0 Å². The van der Waals surface area contributed by atoms with Gasteiger partial charge in [-0.2, -0.15) is 0 Å². The minimum atomic E-state index is -0.540. The standard InChI is InChI=1S/C53H94O5/c1-4-7-10-13-15-17-19-21-23-25-26-27-29-31-33-35-37-39-42-45-48-56-49-51(58-53(55)47-44-40-12-9-6-3)50-57-52(54)46-43-41-38-36-34-32-30-28-24-22-20-18-16-14-11-8-5-2/h15-18,21-24,26-27,51H,4-14,19-20,25,28-50H2,1-3H3/b17-15-,18-16-,23-21-,24-22-,27-26-. The number of hydrogen-bond acceptors (Lipinski definition) is 5. The summed E-state index contributed by atoms with van der Waals surface area (Å²) in [7, 11) is 0. The fourth-order valence-corrected chi connectivity index (χ4v) is 6.78. The maximum atomic E-state index is 12.6. The SMILES string of the molecule is CCCCC/C=C\C/C=C\C/C=C\CCCCCCCCCOCC(COC(=O)CCCCCCCCC/C=C\C/C=C\CCCCC)OC(=O)CCCCCCC. The summed E-state index contributed by atoms with van der Waals surface area (Å²) in [6, 6.07) is 0. The average molecular weight is 811 g/mol. The lowest BCUT2D eigenvalue weighted by atomic mass is 10.1. The van der Waals surface area contributed by atoms with Crippen molar-refractivity contribution in [1.29, 1.82) is 0 Å². The number of hydrogen-bond donors (Lipinski definition) is 0. The lowest BCUT2D eigenvalue weighted by molar-refractivity contribution is -0.163. The summed E-state index contributed by atoms with van der Waals surface area (Å²) < 4.78 is 17.2. The summed E-state index contributed by atoms with van der Waals surface area (Å²) >= 11 is 0. The summed E-state index contributed by atoms with van der Waals surface area (Å²) in [5, 5.41) is 0. The zero-order chi connectivity index (χ0) is 42.1. The van der Waals surface area contributed by atoms with Gasteiger partial charge in [0.05, 0.1) is 6.61 Å². The maximum absolute atomic E-state index is 12.6. The van der Waals surface area contributed by atoms with E-state index >= 15 is 0 Å². The van der Waals surface area contributed by atoms with Crippen molar-refractivity contribution >= 4 is 11.9 Å². The van der Waals surface area contributed by atoms with Crippen LogP contribution in [-0.4, -0.2) is 37.9 Å². The van der Waals surface area contributed by atoms with Crippen molar-refractivity contribution < 1.29 is 23.8 Å². The molecular formula is C53H94O5. The van der Waals surface area contributed by atoms with Gasteiger partial charge in [-0.1, -0.05) is 197 Å². The van der Waals surface area contributed by atoms with Gasteiger partial charge in [0.1, 0.15) is 6.61 Å². The summed E-state index contributed by atoms with van der Waals surface area (Å²) in [5.41, 5.74) is 0. The van der Waals surface area contributed by atoms with Gasteiger partial charge in [-0.25, -0.2) is 0 Å². The van der Waals surface area contributed by atoms with E-state index < -0.39 is 6.10 Å². The van der Waals surface area contributed by atoms with Gasteiger partial charge in [-0.15, -0.1) is 0 Å². The van der Waals surface area contributed by atoms with Gasteiger partial charge in [0, 0.05) is 19.4 Å². The van der Waals surface area contributed by atoms with Crippen molar-refractivity contribution in [3.8, 4) is 0 Å². The molecule has 0 aliphatic heterocycles. The van der Waals surface area contributed by atoms with Crippen molar-refractivity contribution in [2.24, 2.45) is 0 Å². The Balaban J connectivity index is 4.05. The first-order valence-corrected chi connectivity index (χ1v) is 24.8. The minimum Gasteiger partial charge on any atom is -0.462 e. The maximum Gasteiger partial charge on any atom is 0.306 e. The molecule has 1 unspecified atom stereocenters. The highest BCUT2D eigenvalue weighted by Crippen LogP contribution is 2.13. The number of ether oxygens (including phenoxy) is 3. The topological polar surface area (TPSA) is 61.8 Å². The van der Waals surface area contributed by atoms with Crippen LogP contribution in [-0.2, 0) is 23.8 Å². The predicted octanol–water partition coefficient (Wildman–Crippen LogP) is 16.6. The second-order valence-electron chi connectivity index (χ2n) is 16.4. The fraction of sp³-hybridized carbons (Fsp3) is 0.774. The molecule has 0 rings (SSSR count). The molecule has 0 aromatic carbocycles. The number of carbonyl (C=O) groups is 2. The first-order chi connectivity index (χ1) is 28.6. The van der Waals surface area contributed by atoms with E-state index in [1.165, 1.54) is 135 Å². The van der Waals surface area contributed by atoms with Crippen LogP contribution in [0.4, 0.5) is 0 Å². The molecule has 0 spiro atoms. The molecule has 0 aromatic heterocycles. The molecule has 0 amide bonds. The lowest BCUT2D eigenvalue weighted by Gasteiger charge is -2.18. The van der Waals surface area contributed by atoms with Crippen molar-refractivity contribution in [3.05, 3.63) is 60.8 Å². The van der Waals surface area contributed by atoms with Gasteiger partial charge in [-0.05, 0) is 89.9 Å². The number of allylic oxidation sites excluding steroid dienone is 10. The third-order valence-corrected chi connectivity index (χ3v) is 10.5. The molecule has 0 saturated carbocycles. The molecule has 0 bridgehead atoms. The third-order valence-electron chi connectivity index (χ3n) is 10.5. The molecule has 5 heteroatoms. The van der Waals surface area contributed by atoms with Crippen LogP contribution in [0.3, 0.4) is 0 Å². The van der Waals surface area contributed by atoms with Crippen LogP contribution < -0.4 is 0 Å². The number of esters is 2. The number of carbonyl (C=O) groups excluding carboxylic acids is 2. The van der Waals surface area contributed by atoms with Gasteiger partial charge in [-0.3, -0.25) is 9.59 Å². The molecule has 0 aliphatic rings. The van der Waals surface area contributed by atoms with Gasteiger partial charge >= 0.3 is 11.9 Å². The Labute approximate surface area is 360 Å². The highest BCUT2D eigenvalue weighted by atomic mass is 16.6. The molecule has 0 aromatic rings. The Morgan fingerprint density at radius 1 is 0.379 bits per heavy atom. The van der Waals surface area contributed by atoms with Crippen molar-refractivity contribution in [3.63, 3.8) is 0 Å². The summed E-state index contributed by atoms with van der Waals surface area (Å²) in [5.74, 6) is -0.422. The van der Waals surface area contributed by atoms with Crippen LogP contribution in [0.25, 0.3) is 0 Å². The molecule has 5 nitrogen and oxygen atoms in total. The van der Waals surface area contributed by atoms with E-state index in [0.717, 1.165) is 70.6 Å². The molecule has 1 atom stereocenters. The molecular weight excluding hydrogens is 717 g/mol.